The van der Waals surface area contributed by atoms with Gasteiger partial charge in [-0.2, -0.15) is 5.26 Å². The number of nitriles is 1. The smallest absolute Gasteiger partial charge is 0.269 e. The van der Waals surface area contributed by atoms with Crippen LogP contribution in [-0.2, 0) is 11.2 Å². The molecule has 3 aromatic rings. The fourth-order valence-electron chi connectivity index (χ4n) is 2.95. The minimum atomic E-state index is -0.575. The first-order valence-corrected chi connectivity index (χ1v) is 10.4. The van der Waals surface area contributed by atoms with Crippen LogP contribution in [-0.4, -0.2) is 25.6 Å². The van der Waals surface area contributed by atoms with Gasteiger partial charge in [0, 0.05) is 36.1 Å². The van der Waals surface area contributed by atoms with Gasteiger partial charge in [0.05, 0.1) is 4.92 Å². The van der Waals surface area contributed by atoms with Crippen LogP contribution in [0, 0.1) is 28.4 Å². The molecule has 2 heterocycles. The van der Waals surface area contributed by atoms with E-state index in [1.165, 1.54) is 29.5 Å². The molecule has 0 fully saturated rings. The maximum Gasteiger partial charge on any atom is 0.269 e. The Hall–Kier alpha value is -3.84. The molecule has 0 spiro atoms. The molecule has 0 bridgehead atoms. The van der Waals surface area contributed by atoms with Crippen molar-refractivity contribution in [2.45, 2.75) is 33.1 Å². The Morgan fingerprint density at radius 2 is 2.19 bits per heavy atom. The van der Waals surface area contributed by atoms with Gasteiger partial charge in [-0.05, 0) is 43.2 Å². The standard InChI is InChI=1S/C21H20N6O3S/c1-3-4-7-19-24-25-21(31-19)23-20(28)15(13-22)12-16-6-5-10-26(16)18-9-8-17(27(29)30)11-14(18)2/h5-6,8-12H,3-4,7H2,1-2H3,(H,23,25,28)/b15-12-. The van der Waals surface area contributed by atoms with E-state index in [4.69, 9.17) is 0 Å². The Balaban J connectivity index is 1.83. The summed E-state index contributed by atoms with van der Waals surface area (Å²) in [5.74, 6) is -0.575. The summed E-state index contributed by atoms with van der Waals surface area (Å²) < 4.78 is 1.76. The van der Waals surface area contributed by atoms with E-state index in [1.54, 1.807) is 35.9 Å². The number of nitrogens with one attached hydrogen (secondary N) is 1. The molecule has 0 saturated heterocycles. The highest BCUT2D eigenvalue weighted by Gasteiger charge is 2.15. The van der Waals surface area contributed by atoms with E-state index in [0.29, 0.717) is 22.1 Å². The van der Waals surface area contributed by atoms with Gasteiger partial charge in [-0.15, -0.1) is 10.2 Å². The van der Waals surface area contributed by atoms with Gasteiger partial charge in [-0.25, -0.2) is 0 Å². The number of non-ortho nitro benzene ring substituents is 1. The van der Waals surface area contributed by atoms with Crippen LogP contribution in [0.5, 0.6) is 0 Å². The summed E-state index contributed by atoms with van der Waals surface area (Å²) in [6, 6.07) is 9.97. The summed E-state index contributed by atoms with van der Waals surface area (Å²) in [7, 11) is 0. The number of rotatable bonds is 8. The van der Waals surface area contributed by atoms with Gasteiger partial charge in [0.15, 0.2) is 0 Å². The Kier molecular flexibility index (Phi) is 6.89. The minimum absolute atomic E-state index is 0.00190. The molecule has 0 aliphatic rings. The number of benzene rings is 1. The molecule has 10 heteroatoms. The average Bonchev–Trinajstić information content (AvgIpc) is 3.39. The van der Waals surface area contributed by atoms with Crippen molar-refractivity contribution >= 4 is 34.1 Å². The molecular formula is C21H20N6O3S. The molecule has 1 amide bonds. The lowest BCUT2D eigenvalue weighted by atomic mass is 10.1. The lowest BCUT2D eigenvalue weighted by Crippen LogP contribution is -2.13. The molecule has 1 aromatic carbocycles. The fraction of sp³-hybridized carbons (Fsp3) is 0.238. The predicted molar refractivity (Wildman–Crippen MR) is 118 cm³/mol. The predicted octanol–water partition coefficient (Wildman–Crippen LogP) is 4.43. The molecule has 0 saturated carbocycles. The summed E-state index contributed by atoms with van der Waals surface area (Å²) in [4.78, 5) is 23.1. The second-order valence-electron chi connectivity index (χ2n) is 6.76. The zero-order chi connectivity index (χ0) is 22.4. The third kappa shape index (κ3) is 5.21. The van der Waals surface area contributed by atoms with Gasteiger partial charge in [-0.3, -0.25) is 20.2 Å². The first-order valence-electron chi connectivity index (χ1n) is 9.61. The Bertz CT molecular complexity index is 1190. The van der Waals surface area contributed by atoms with Crippen LogP contribution in [0.25, 0.3) is 11.8 Å². The summed E-state index contributed by atoms with van der Waals surface area (Å²) in [6.45, 7) is 3.85. The fourth-order valence-corrected chi connectivity index (χ4v) is 3.73. The summed E-state index contributed by atoms with van der Waals surface area (Å²) in [5.41, 5.74) is 1.90. The molecule has 0 aliphatic carbocycles. The van der Waals surface area contributed by atoms with E-state index >= 15 is 0 Å². The van der Waals surface area contributed by atoms with Crippen molar-refractivity contribution in [2.24, 2.45) is 0 Å². The van der Waals surface area contributed by atoms with Crippen LogP contribution in [0.2, 0.25) is 0 Å². The molecule has 2 aromatic heterocycles. The van der Waals surface area contributed by atoms with Gasteiger partial charge in [0.1, 0.15) is 16.6 Å². The molecule has 0 atom stereocenters. The molecular weight excluding hydrogens is 416 g/mol. The number of nitro benzene ring substituents is 1. The monoisotopic (exact) mass is 436 g/mol. The number of aromatic nitrogens is 3. The Morgan fingerprint density at radius 1 is 1.39 bits per heavy atom. The number of carbonyl (C=O) groups excluding carboxylic acids is 1. The molecule has 31 heavy (non-hydrogen) atoms. The third-order valence-electron chi connectivity index (χ3n) is 4.52. The van der Waals surface area contributed by atoms with Crippen molar-refractivity contribution in [2.75, 3.05) is 5.32 Å². The van der Waals surface area contributed by atoms with Crippen LogP contribution in [0.4, 0.5) is 10.8 Å². The van der Waals surface area contributed by atoms with E-state index < -0.39 is 10.8 Å². The molecule has 3 rings (SSSR count). The maximum atomic E-state index is 12.6. The summed E-state index contributed by atoms with van der Waals surface area (Å²) in [6.07, 6.45) is 6.06. The normalized spacial score (nSPS) is 11.2. The average molecular weight is 436 g/mol. The highest BCUT2D eigenvalue weighted by atomic mass is 32.1. The maximum absolute atomic E-state index is 12.6. The van der Waals surface area contributed by atoms with E-state index in [-0.39, 0.29) is 11.3 Å². The lowest BCUT2D eigenvalue weighted by Gasteiger charge is -2.10. The molecule has 158 valence electrons. The number of unbranched alkanes of at least 4 members (excludes halogenated alkanes) is 1. The largest absolute Gasteiger partial charge is 0.317 e. The number of hydrogen-bond donors (Lipinski definition) is 1. The molecule has 9 nitrogen and oxygen atoms in total. The van der Waals surface area contributed by atoms with E-state index in [2.05, 4.69) is 22.4 Å². The Labute approximate surface area is 182 Å². The second kappa shape index (κ2) is 9.77. The first-order chi connectivity index (χ1) is 14.9. The van der Waals surface area contributed by atoms with Crippen LogP contribution < -0.4 is 5.32 Å². The second-order valence-corrected chi connectivity index (χ2v) is 7.82. The quantitative estimate of drug-likeness (QED) is 0.241. The van der Waals surface area contributed by atoms with Crippen molar-refractivity contribution in [3.8, 4) is 11.8 Å². The van der Waals surface area contributed by atoms with Crippen molar-refractivity contribution in [1.82, 2.24) is 14.8 Å². The molecule has 0 aliphatic heterocycles. The number of amides is 1. The highest BCUT2D eigenvalue weighted by molar-refractivity contribution is 7.15. The number of hydrogen-bond acceptors (Lipinski definition) is 7. The van der Waals surface area contributed by atoms with Gasteiger partial charge >= 0.3 is 0 Å². The van der Waals surface area contributed by atoms with Crippen LogP contribution in [0.15, 0.2) is 42.1 Å². The topological polar surface area (TPSA) is 127 Å². The summed E-state index contributed by atoms with van der Waals surface area (Å²) >= 11 is 1.29. The molecule has 0 radical (unpaired) electrons. The van der Waals surface area contributed by atoms with Crippen LogP contribution in [0.1, 0.15) is 36.0 Å². The lowest BCUT2D eigenvalue weighted by molar-refractivity contribution is -0.384. The van der Waals surface area contributed by atoms with Crippen molar-refractivity contribution in [3.63, 3.8) is 0 Å². The van der Waals surface area contributed by atoms with Crippen molar-refractivity contribution in [3.05, 3.63) is 68.5 Å². The van der Waals surface area contributed by atoms with Crippen LogP contribution in [0.3, 0.4) is 0 Å². The van der Waals surface area contributed by atoms with E-state index in [9.17, 15) is 20.2 Å². The number of nitrogens with zero attached hydrogens (tertiary/aromatic N) is 5. The minimum Gasteiger partial charge on any atom is -0.317 e. The molecule has 0 unspecified atom stereocenters. The number of anilines is 1. The van der Waals surface area contributed by atoms with Gasteiger partial charge in [0.25, 0.3) is 11.6 Å². The number of carbonyl (C=O) groups is 1. The Morgan fingerprint density at radius 3 is 2.87 bits per heavy atom. The van der Waals surface area contributed by atoms with E-state index in [0.717, 1.165) is 24.3 Å². The number of aryl methyl sites for hydroxylation is 2. The van der Waals surface area contributed by atoms with Gasteiger partial charge in [0.2, 0.25) is 5.13 Å². The van der Waals surface area contributed by atoms with Crippen molar-refractivity contribution < 1.29 is 9.72 Å². The third-order valence-corrected chi connectivity index (χ3v) is 5.42. The van der Waals surface area contributed by atoms with Crippen LogP contribution >= 0.6 is 11.3 Å². The molecule has 1 N–H and O–H groups in total. The van der Waals surface area contributed by atoms with Gasteiger partial charge in [-0.1, -0.05) is 24.7 Å². The SMILES string of the molecule is CCCCc1nnc(NC(=O)/C(C#N)=C\c2cccn2-c2ccc([N+](=O)[O-])cc2C)s1. The summed E-state index contributed by atoms with van der Waals surface area (Å²) in [5, 5.41) is 32.3. The van der Waals surface area contributed by atoms with Gasteiger partial charge < -0.3 is 4.57 Å². The first kappa shape index (κ1) is 21.9. The van der Waals surface area contributed by atoms with Crippen molar-refractivity contribution in [1.29, 1.82) is 5.26 Å². The number of nitro groups is 1. The van der Waals surface area contributed by atoms with E-state index in [1.807, 2.05) is 6.07 Å². The zero-order valence-corrected chi connectivity index (χ0v) is 17.8. The highest BCUT2D eigenvalue weighted by Crippen LogP contribution is 2.24. The zero-order valence-electron chi connectivity index (χ0n) is 17.0.